The van der Waals surface area contributed by atoms with Gasteiger partial charge in [0.1, 0.15) is 0 Å². The van der Waals surface area contributed by atoms with E-state index in [4.69, 9.17) is 0 Å². The van der Waals surface area contributed by atoms with Gasteiger partial charge in [-0.2, -0.15) is 0 Å². The molecule has 0 bridgehead atoms. The summed E-state index contributed by atoms with van der Waals surface area (Å²) in [5.74, 6) is 0.672. The lowest BCUT2D eigenvalue weighted by atomic mass is 10.1. The zero-order chi connectivity index (χ0) is 17.1. The number of amides is 1. The van der Waals surface area contributed by atoms with Crippen molar-refractivity contribution in [2.75, 3.05) is 38.5 Å². The fraction of sp³-hybridized carbons (Fsp3) is 0.500. The van der Waals surface area contributed by atoms with Crippen molar-refractivity contribution in [2.24, 2.45) is 7.05 Å². The second-order valence-electron chi connectivity index (χ2n) is 6.21. The Labute approximate surface area is 141 Å². The number of rotatable bonds is 4. The minimum absolute atomic E-state index is 0.00722. The number of tetrazole rings is 1. The van der Waals surface area contributed by atoms with E-state index in [1.54, 1.807) is 11.7 Å². The number of likely N-dealkylation sites (N-methyl/N-ethyl adjacent to an activating group) is 1. The van der Waals surface area contributed by atoms with Gasteiger partial charge in [-0.05, 0) is 36.5 Å². The Hall–Kier alpha value is -2.32. The monoisotopic (exact) mass is 329 g/mol. The molecule has 1 fully saturated rings. The first-order valence-corrected chi connectivity index (χ1v) is 8.11. The van der Waals surface area contributed by atoms with Crippen LogP contribution in [0.2, 0.25) is 0 Å². The molecule has 1 aliphatic heterocycles. The number of hydrogen-bond acceptors (Lipinski definition) is 6. The standard InChI is InChI=1S/C16H23N7O/c1-12(23-9-7-21(2)8-10-23)16(24)17-14-6-4-5-13(11-14)15-18-19-20-22(15)3/h4-6,11-12H,7-10H2,1-3H3,(H,17,24). The third-order valence-electron chi connectivity index (χ3n) is 4.47. The number of aromatic nitrogens is 4. The van der Waals surface area contributed by atoms with E-state index in [2.05, 4.69) is 37.7 Å². The first kappa shape index (κ1) is 16.5. The maximum atomic E-state index is 12.5. The highest BCUT2D eigenvalue weighted by atomic mass is 16.2. The lowest BCUT2D eigenvalue weighted by molar-refractivity contribution is -0.121. The van der Waals surface area contributed by atoms with Gasteiger partial charge in [-0.25, -0.2) is 4.68 Å². The molecule has 1 aliphatic rings. The summed E-state index contributed by atoms with van der Waals surface area (Å²) in [6.45, 7) is 5.76. The van der Waals surface area contributed by atoms with Crippen molar-refractivity contribution in [2.45, 2.75) is 13.0 Å². The molecule has 128 valence electrons. The predicted octanol–water partition coefficient (Wildman–Crippen LogP) is 0.452. The van der Waals surface area contributed by atoms with E-state index in [0.717, 1.165) is 37.4 Å². The van der Waals surface area contributed by atoms with Crippen LogP contribution in [0.4, 0.5) is 5.69 Å². The van der Waals surface area contributed by atoms with Crippen molar-refractivity contribution in [1.82, 2.24) is 30.0 Å². The van der Waals surface area contributed by atoms with E-state index >= 15 is 0 Å². The number of piperazine rings is 1. The molecule has 1 amide bonds. The van der Waals surface area contributed by atoms with Crippen LogP contribution in [-0.4, -0.2) is 75.2 Å². The van der Waals surface area contributed by atoms with Crippen LogP contribution in [0, 0.1) is 0 Å². The quantitative estimate of drug-likeness (QED) is 0.877. The van der Waals surface area contributed by atoms with Crippen molar-refractivity contribution < 1.29 is 4.79 Å². The number of aryl methyl sites for hydroxylation is 1. The molecule has 1 aromatic carbocycles. The van der Waals surface area contributed by atoms with Crippen molar-refractivity contribution in [3.63, 3.8) is 0 Å². The number of benzene rings is 1. The fourth-order valence-corrected chi connectivity index (χ4v) is 2.83. The molecule has 3 rings (SSSR count). The Morgan fingerprint density at radius 3 is 2.62 bits per heavy atom. The molecule has 1 aromatic heterocycles. The van der Waals surface area contributed by atoms with Gasteiger partial charge in [-0.15, -0.1) is 5.10 Å². The SMILES string of the molecule is CC(C(=O)Nc1cccc(-c2nnnn2C)c1)N1CCN(C)CC1. The highest BCUT2D eigenvalue weighted by molar-refractivity contribution is 5.95. The fourth-order valence-electron chi connectivity index (χ4n) is 2.83. The van der Waals surface area contributed by atoms with Gasteiger partial charge in [0.05, 0.1) is 6.04 Å². The van der Waals surface area contributed by atoms with Crippen LogP contribution in [0.25, 0.3) is 11.4 Å². The highest BCUT2D eigenvalue weighted by Crippen LogP contribution is 2.20. The van der Waals surface area contributed by atoms with E-state index in [-0.39, 0.29) is 11.9 Å². The second-order valence-corrected chi connectivity index (χ2v) is 6.21. The number of carbonyl (C=O) groups is 1. The smallest absolute Gasteiger partial charge is 0.241 e. The van der Waals surface area contributed by atoms with Crippen LogP contribution in [0.5, 0.6) is 0 Å². The molecule has 1 atom stereocenters. The Kier molecular flexibility index (Phi) is 4.86. The van der Waals surface area contributed by atoms with Crippen molar-refractivity contribution >= 4 is 11.6 Å². The zero-order valence-electron chi connectivity index (χ0n) is 14.3. The molecular weight excluding hydrogens is 306 g/mol. The molecule has 0 spiro atoms. The normalized spacial score (nSPS) is 17.6. The van der Waals surface area contributed by atoms with Crippen LogP contribution >= 0.6 is 0 Å². The molecule has 2 heterocycles. The van der Waals surface area contributed by atoms with E-state index in [9.17, 15) is 4.79 Å². The Morgan fingerprint density at radius 1 is 1.21 bits per heavy atom. The minimum atomic E-state index is -0.154. The maximum absolute atomic E-state index is 12.5. The van der Waals surface area contributed by atoms with Crippen molar-refractivity contribution in [3.8, 4) is 11.4 Å². The topological polar surface area (TPSA) is 79.2 Å². The number of hydrogen-bond donors (Lipinski definition) is 1. The lowest BCUT2D eigenvalue weighted by Crippen LogP contribution is -2.51. The number of nitrogens with one attached hydrogen (secondary N) is 1. The Balaban J connectivity index is 1.67. The molecular formula is C16H23N7O. The van der Waals surface area contributed by atoms with Gasteiger partial charge >= 0.3 is 0 Å². The molecule has 24 heavy (non-hydrogen) atoms. The molecule has 8 nitrogen and oxygen atoms in total. The van der Waals surface area contributed by atoms with Crippen LogP contribution in [0.15, 0.2) is 24.3 Å². The number of anilines is 1. The van der Waals surface area contributed by atoms with Crippen LogP contribution in [-0.2, 0) is 11.8 Å². The van der Waals surface area contributed by atoms with E-state index < -0.39 is 0 Å². The third-order valence-corrected chi connectivity index (χ3v) is 4.47. The zero-order valence-corrected chi connectivity index (χ0v) is 14.3. The summed E-state index contributed by atoms with van der Waals surface area (Å²) in [5, 5.41) is 14.5. The van der Waals surface area contributed by atoms with Gasteiger partial charge in [0, 0.05) is 44.5 Å². The summed E-state index contributed by atoms with van der Waals surface area (Å²) >= 11 is 0. The lowest BCUT2D eigenvalue weighted by Gasteiger charge is -2.35. The average molecular weight is 329 g/mol. The minimum Gasteiger partial charge on any atom is -0.325 e. The van der Waals surface area contributed by atoms with Gasteiger partial charge in [-0.1, -0.05) is 12.1 Å². The summed E-state index contributed by atoms with van der Waals surface area (Å²) in [5.41, 5.74) is 1.62. The first-order valence-electron chi connectivity index (χ1n) is 8.11. The Bertz CT molecular complexity index is 706. The summed E-state index contributed by atoms with van der Waals surface area (Å²) in [7, 11) is 3.89. The summed E-state index contributed by atoms with van der Waals surface area (Å²) in [6, 6.07) is 7.42. The van der Waals surface area contributed by atoms with Crippen molar-refractivity contribution in [3.05, 3.63) is 24.3 Å². The van der Waals surface area contributed by atoms with Gasteiger partial charge in [0.25, 0.3) is 0 Å². The molecule has 1 saturated heterocycles. The molecule has 0 saturated carbocycles. The summed E-state index contributed by atoms with van der Waals surface area (Å²) < 4.78 is 1.60. The van der Waals surface area contributed by atoms with Crippen LogP contribution < -0.4 is 5.32 Å². The molecule has 1 unspecified atom stereocenters. The maximum Gasteiger partial charge on any atom is 0.241 e. The van der Waals surface area contributed by atoms with E-state index in [1.807, 2.05) is 31.2 Å². The van der Waals surface area contributed by atoms with Gasteiger partial charge in [-0.3, -0.25) is 9.69 Å². The van der Waals surface area contributed by atoms with Crippen molar-refractivity contribution in [1.29, 1.82) is 0 Å². The highest BCUT2D eigenvalue weighted by Gasteiger charge is 2.24. The summed E-state index contributed by atoms with van der Waals surface area (Å²) in [4.78, 5) is 17.0. The number of carbonyl (C=O) groups excluding carboxylic acids is 1. The third kappa shape index (κ3) is 3.60. The second kappa shape index (κ2) is 7.06. The van der Waals surface area contributed by atoms with Crippen LogP contribution in [0.1, 0.15) is 6.92 Å². The first-order chi connectivity index (χ1) is 11.5. The number of nitrogens with zero attached hydrogens (tertiary/aromatic N) is 6. The largest absolute Gasteiger partial charge is 0.325 e. The summed E-state index contributed by atoms with van der Waals surface area (Å²) in [6.07, 6.45) is 0. The van der Waals surface area contributed by atoms with Gasteiger partial charge in [0.15, 0.2) is 5.82 Å². The van der Waals surface area contributed by atoms with Gasteiger partial charge < -0.3 is 10.2 Å². The predicted molar refractivity (Wildman–Crippen MR) is 91.4 cm³/mol. The van der Waals surface area contributed by atoms with Gasteiger partial charge in [0.2, 0.25) is 5.91 Å². The molecule has 1 N–H and O–H groups in total. The Morgan fingerprint density at radius 2 is 1.96 bits per heavy atom. The molecule has 2 aromatic rings. The molecule has 0 aliphatic carbocycles. The van der Waals surface area contributed by atoms with E-state index in [0.29, 0.717) is 5.82 Å². The molecule has 8 heteroatoms. The van der Waals surface area contributed by atoms with E-state index in [1.165, 1.54) is 0 Å². The molecule has 0 radical (unpaired) electrons. The average Bonchev–Trinajstić information content (AvgIpc) is 3.01. The van der Waals surface area contributed by atoms with Crippen LogP contribution in [0.3, 0.4) is 0 Å².